The molecule has 0 N–H and O–H groups in total. The summed E-state index contributed by atoms with van der Waals surface area (Å²) in [5.74, 6) is 0. The molecule has 0 aliphatic carbocycles. The van der Waals surface area contributed by atoms with Crippen molar-refractivity contribution in [2.24, 2.45) is 0 Å². The van der Waals surface area contributed by atoms with Crippen molar-refractivity contribution in [3.8, 4) is 0 Å². The molecule has 0 unspecified atom stereocenters. The number of ether oxygens (including phenoxy) is 1. The van der Waals surface area contributed by atoms with Gasteiger partial charge in [-0.3, -0.25) is 4.90 Å². The first-order chi connectivity index (χ1) is 10.1. The van der Waals surface area contributed by atoms with Crippen LogP contribution in [0.25, 0.3) is 0 Å². The van der Waals surface area contributed by atoms with Gasteiger partial charge in [-0.15, -0.1) is 0 Å². The zero-order chi connectivity index (χ0) is 14.8. The van der Waals surface area contributed by atoms with Gasteiger partial charge in [-0.05, 0) is 56.8 Å². The Morgan fingerprint density at radius 1 is 1.24 bits per heavy atom. The highest BCUT2D eigenvalue weighted by Crippen LogP contribution is 2.34. The van der Waals surface area contributed by atoms with Crippen LogP contribution in [0.2, 0.25) is 0 Å². The largest absolute Gasteiger partial charge is 0.378 e. The smallest absolute Gasteiger partial charge is 0.0706 e. The van der Waals surface area contributed by atoms with Gasteiger partial charge in [0.15, 0.2) is 0 Å². The first kappa shape index (κ1) is 14.9. The van der Waals surface area contributed by atoms with Crippen molar-refractivity contribution in [1.29, 1.82) is 0 Å². The number of hydrogen-bond donors (Lipinski definition) is 0. The topological polar surface area (TPSA) is 15.7 Å². The molecule has 0 radical (unpaired) electrons. The Labute approximate surface area is 128 Å². The summed E-state index contributed by atoms with van der Waals surface area (Å²) in [5, 5.41) is 0. The lowest BCUT2D eigenvalue weighted by molar-refractivity contribution is 0.0286. The predicted octanol–water partition coefficient (Wildman–Crippen LogP) is 3.46. The quantitative estimate of drug-likeness (QED) is 0.844. The van der Waals surface area contributed by atoms with Crippen LogP contribution in [0.3, 0.4) is 0 Å². The van der Waals surface area contributed by atoms with E-state index >= 15 is 0 Å². The maximum atomic E-state index is 6.02. The number of nitrogens with zero attached hydrogens (tertiary/aromatic N) is 2. The van der Waals surface area contributed by atoms with Gasteiger partial charge in [-0.2, -0.15) is 0 Å². The van der Waals surface area contributed by atoms with Crippen molar-refractivity contribution >= 4 is 5.69 Å². The van der Waals surface area contributed by atoms with Gasteiger partial charge >= 0.3 is 0 Å². The maximum absolute atomic E-state index is 6.02. The molecule has 0 saturated carbocycles. The lowest BCUT2D eigenvalue weighted by Crippen LogP contribution is -2.32. The van der Waals surface area contributed by atoms with Crippen LogP contribution < -0.4 is 4.90 Å². The van der Waals surface area contributed by atoms with E-state index in [1.807, 2.05) is 0 Å². The van der Waals surface area contributed by atoms with E-state index in [0.717, 1.165) is 6.54 Å². The Morgan fingerprint density at radius 3 is 2.81 bits per heavy atom. The molecule has 1 aromatic carbocycles. The van der Waals surface area contributed by atoms with Crippen molar-refractivity contribution in [2.45, 2.75) is 50.9 Å². The number of hydrogen-bond acceptors (Lipinski definition) is 3. The first-order valence-electron chi connectivity index (χ1n) is 8.30. The Balaban J connectivity index is 1.70. The number of rotatable bonds is 4. The minimum Gasteiger partial charge on any atom is -0.378 e. The summed E-state index contributed by atoms with van der Waals surface area (Å²) in [5.41, 5.74) is 2.76. The summed E-state index contributed by atoms with van der Waals surface area (Å²) in [4.78, 5) is 4.82. The molecule has 2 aliphatic heterocycles. The van der Waals surface area contributed by atoms with E-state index in [-0.39, 0.29) is 0 Å². The predicted molar refractivity (Wildman–Crippen MR) is 87.9 cm³/mol. The average molecular weight is 288 g/mol. The molecule has 1 aromatic rings. The molecule has 2 fully saturated rings. The van der Waals surface area contributed by atoms with Crippen molar-refractivity contribution in [3.05, 3.63) is 29.8 Å². The molecule has 2 heterocycles. The lowest BCUT2D eigenvalue weighted by Gasteiger charge is -2.28. The molecule has 3 nitrogen and oxygen atoms in total. The van der Waals surface area contributed by atoms with E-state index < -0.39 is 0 Å². The van der Waals surface area contributed by atoms with Crippen LogP contribution in [-0.4, -0.2) is 44.3 Å². The highest BCUT2D eigenvalue weighted by atomic mass is 16.5. The molecule has 0 spiro atoms. The van der Waals surface area contributed by atoms with Gasteiger partial charge in [0.05, 0.1) is 12.2 Å². The zero-order valence-corrected chi connectivity index (χ0v) is 13.6. The van der Waals surface area contributed by atoms with Crippen molar-refractivity contribution in [3.63, 3.8) is 0 Å². The number of anilines is 1. The second-order valence-electron chi connectivity index (χ2n) is 6.79. The van der Waals surface area contributed by atoms with E-state index in [1.165, 1.54) is 43.5 Å². The highest BCUT2D eigenvalue weighted by Gasteiger charge is 2.31. The SMILES string of the molecule is C[C@@H]1CC[C@@H](CN2CCC[C@H]2c2cccc(N(C)C)c2)O1. The first-order valence-corrected chi connectivity index (χ1v) is 8.30. The van der Waals surface area contributed by atoms with Crippen LogP contribution in [0.5, 0.6) is 0 Å². The van der Waals surface area contributed by atoms with Gasteiger partial charge < -0.3 is 9.64 Å². The van der Waals surface area contributed by atoms with Crippen molar-refractivity contribution in [2.75, 3.05) is 32.1 Å². The minimum absolute atomic E-state index is 0.442. The average Bonchev–Trinajstić information content (AvgIpc) is 3.09. The maximum Gasteiger partial charge on any atom is 0.0706 e. The van der Waals surface area contributed by atoms with Gasteiger partial charge in [0.2, 0.25) is 0 Å². The number of benzene rings is 1. The molecule has 3 atom stereocenters. The summed E-state index contributed by atoms with van der Waals surface area (Å²) < 4.78 is 6.02. The standard InChI is InChI=1S/C18H28N2O/c1-14-9-10-17(21-14)13-20-11-5-8-18(20)15-6-4-7-16(12-15)19(2)3/h4,6-7,12,14,17-18H,5,8-11,13H2,1-3H3/t14-,17+,18+/m1/s1. The molecule has 2 saturated heterocycles. The van der Waals surface area contributed by atoms with Crippen LogP contribution in [-0.2, 0) is 4.74 Å². The van der Waals surface area contributed by atoms with E-state index in [2.05, 4.69) is 55.1 Å². The van der Waals surface area contributed by atoms with Gasteiger partial charge in [0.1, 0.15) is 0 Å². The molecule has 0 bridgehead atoms. The summed E-state index contributed by atoms with van der Waals surface area (Å²) in [6, 6.07) is 9.58. The summed E-state index contributed by atoms with van der Waals surface area (Å²) in [6.07, 6.45) is 5.92. The van der Waals surface area contributed by atoms with Gasteiger partial charge in [-0.25, -0.2) is 0 Å². The third-order valence-electron chi connectivity index (χ3n) is 4.89. The van der Waals surface area contributed by atoms with Crippen molar-refractivity contribution < 1.29 is 4.74 Å². The van der Waals surface area contributed by atoms with Crippen LogP contribution in [0.4, 0.5) is 5.69 Å². The Morgan fingerprint density at radius 2 is 2.10 bits per heavy atom. The number of likely N-dealkylation sites (tertiary alicyclic amines) is 1. The van der Waals surface area contributed by atoms with Crippen LogP contribution in [0.1, 0.15) is 44.2 Å². The van der Waals surface area contributed by atoms with Gasteiger partial charge in [0.25, 0.3) is 0 Å². The molecule has 0 amide bonds. The van der Waals surface area contributed by atoms with Crippen LogP contribution in [0, 0.1) is 0 Å². The highest BCUT2D eigenvalue weighted by molar-refractivity contribution is 5.48. The Bertz CT molecular complexity index is 474. The van der Waals surface area contributed by atoms with Gasteiger partial charge in [-0.1, -0.05) is 12.1 Å². The van der Waals surface area contributed by atoms with E-state index in [9.17, 15) is 0 Å². The van der Waals surface area contributed by atoms with E-state index in [0.29, 0.717) is 18.2 Å². The van der Waals surface area contributed by atoms with Crippen LogP contribution >= 0.6 is 0 Å². The van der Waals surface area contributed by atoms with Gasteiger partial charge in [0, 0.05) is 32.4 Å². The van der Waals surface area contributed by atoms with E-state index in [4.69, 9.17) is 4.74 Å². The Hall–Kier alpha value is -1.06. The van der Waals surface area contributed by atoms with E-state index in [1.54, 1.807) is 0 Å². The Kier molecular flexibility index (Phi) is 4.51. The third-order valence-corrected chi connectivity index (χ3v) is 4.89. The molecule has 116 valence electrons. The summed E-state index contributed by atoms with van der Waals surface area (Å²) in [6.45, 7) is 4.51. The fourth-order valence-corrected chi connectivity index (χ4v) is 3.71. The zero-order valence-electron chi connectivity index (χ0n) is 13.6. The second kappa shape index (κ2) is 6.37. The lowest BCUT2D eigenvalue weighted by atomic mass is 10.0. The monoisotopic (exact) mass is 288 g/mol. The fourth-order valence-electron chi connectivity index (χ4n) is 3.71. The molecular formula is C18H28N2O. The fraction of sp³-hybridized carbons (Fsp3) is 0.667. The minimum atomic E-state index is 0.442. The molecule has 0 aromatic heterocycles. The molecule has 3 heteroatoms. The second-order valence-corrected chi connectivity index (χ2v) is 6.79. The normalized spacial score (nSPS) is 30.0. The van der Waals surface area contributed by atoms with Crippen molar-refractivity contribution in [1.82, 2.24) is 4.90 Å². The third kappa shape index (κ3) is 3.41. The molecule has 21 heavy (non-hydrogen) atoms. The summed E-state index contributed by atoms with van der Waals surface area (Å²) >= 11 is 0. The molecule has 3 rings (SSSR count). The van der Waals surface area contributed by atoms with Crippen LogP contribution in [0.15, 0.2) is 24.3 Å². The summed E-state index contributed by atoms with van der Waals surface area (Å²) in [7, 11) is 4.22. The molecular weight excluding hydrogens is 260 g/mol. The molecule has 2 aliphatic rings.